The van der Waals surface area contributed by atoms with E-state index in [0.717, 1.165) is 42.6 Å². The Bertz CT molecular complexity index is 1330. The average molecular weight is 631 g/mol. The molecule has 2 heterocycles. The molecule has 6 unspecified atom stereocenters. The van der Waals surface area contributed by atoms with E-state index in [9.17, 15) is 4.79 Å². The Hall–Kier alpha value is -3.23. The zero-order valence-corrected chi connectivity index (χ0v) is 27.8. The third-order valence-corrected chi connectivity index (χ3v) is 9.55. The second-order valence-corrected chi connectivity index (χ2v) is 12.9. The van der Waals surface area contributed by atoms with Gasteiger partial charge >= 0.3 is 5.97 Å². The molecule has 248 valence electrons. The zero-order chi connectivity index (χ0) is 32.4. The van der Waals surface area contributed by atoms with Gasteiger partial charge in [-0.2, -0.15) is 0 Å². The molecule has 3 aromatic carbocycles. The van der Waals surface area contributed by atoms with Crippen LogP contribution in [0.1, 0.15) is 80.8 Å². The van der Waals surface area contributed by atoms with Crippen LogP contribution in [-0.2, 0) is 36.9 Å². The Labute approximate surface area is 274 Å². The van der Waals surface area contributed by atoms with Crippen molar-refractivity contribution in [2.45, 2.75) is 103 Å². The molecule has 1 spiro atoms. The van der Waals surface area contributed by atoms with E-state index < -0.39 is 5.79 Å². The molecule has 0 amide bonds. The number of carbonyl (C=O) groups is 1. The highest BCUT2D eigenvalue weighted by atomic mass is 16.7. The quantitative estimate of drug-likeness (QED) is 0.131. The first-order chi connectivity index (χ1) is 22.4. The van der Waals surface area contributed by atoms with Crippen LogP contribution >= 0.6 is 0 Å². The monoisotopic (exact) mass is 630 g/mol. The lowest BCUT2D eigenvalue weighted by molar-refractivity contribution is -0.348. The van der Waals surface area contributed by atoms with Crippen LogP contribution in [0.2, 0.25) is 0 Å². The average Bonchev–Trinajstić information content (AvgIpc) is 3.09. The van der Waals surface area contributed by atoms with Crippen molar-refractivity contribution in [1.82, 2.24) is 0 Å². The highest BCUT2D eigenvalue weighted by molar-refractivity contribution is 5.89. The molecule has 0 aromatic heterocycles. The summed E-state index contributed by atoms with van der Waals surface area (Å²) >= 11 is 0. The van der Waals surface area contributed by atoms with Crippen LogP contribution in [0.3, 0.4) is 0 Å². The van der Waals surface area contributed by atoms with Crippen molar-refractivity contribution in [2.75, 3.05) is 13.7 Å². The molecule has 2 saturated heterocycles. The number of ether oxygens (including phenoxy) is 6. The molecule has 7 heteroatoms. The highest BCUT2D eigenvalue weighted by Crippen LogP contribution is 2.45. The fraction of sp³-hybridized carbons (Fsp3) is 0.513. The van der Waals surface area contributed by atoms with Gasteiger partial charge in [-0.1, -0.05) is 81.4 Å². The van der Waals surface area contributed by atoms with Gasteiger partial charge in [-0.15, -0.1) is 0 Å². The molecule has 46 heavy (non-hydrogen) atoms. The van der Waals surface area contributed by atoms with Crippen molar-refractivity contribution >= 4 is 5.97 Å². The topological polar surface area (TPSA) is 72.5 Å². The summed E-state index contributed by atoms with van der Waals surface area (Å²) in [6.45, 7) is 8.14. The summed E-state index contributed by atoms with van der Waals surface area (Å²) in [5.74, 6) is 0.0267. The summed E-state index contributed by atoms with van der Waals surface area (Å²) in [7, 11) is 1.67. The van der Waals surface area contributed by atoms with Gasteiger partial charge in [0.15, 0.2) is 5.79 Å². The fourth-order valence-corrected chi connectivity index (χ4v) is 6.53. The molecule has 0 aliphatic carbocycles. The van der Waals surface area contributed by atoms with Crippen molar-refractivity contribution in [3.63, 3.8) is 0 Å². The lowest BCUT2D eigenvalue weighted by Crippen LogP contribution is -2.57. The van der Waals surface area contributed by atoms with Crippen molar-refractivity contribution in [2.24, 2.45) is 11.8 Å². The maximum absolute atomic E-state index is 13.2. The first kappa shape index (κ1) is 34.1. The number of esters is 1. The molecule has 2 aliphatic heterocycles. The van der Waals surface area contributed by atoms with Crippen molar-refractivity contribution < 1.29 is 33.2 Å². The Kier molecular flexibility index (Phi) is 12.3. The van der Waals surface area contributed by atoms with Crippen LogP contribution in [-0.4, -0.2) is 49.9 Å². The lowest BCUT2D eigenvalue weighted by Gasteiger charge is -2.52. The molecule has 0 radical (unpaired) electrons. The Morgan fingerprint density at radius 3 is 2.26 bits per heavy atom. The van der Waals surface area contributed by atoms with E-state index in [4.69, 9.17) is 28.4 Å². The summed E-state index contributed by atoms with van der Waals surface area (Å²) in [4.78, 5) is 13.2. The van der Waals surface area contributed by atoms with Gasteiger partial charge in [0.05, 0.1) is 44.2 Å². The van der Waals surface area contributed by atoms with Gasteiger partial charge in [0.25, 0.3) is 0 Å². The Morgan fingerprint density at radius 1 is 0.891 bits per heavy atom. The Morgan fingerprint density at radius 2 is 1.57 bits per heavy atom. The normalized spacial score (nSPS) is 26.8. The maximum Gasteiger partial charge on any atom is 0.338 e. The lowest BCUT2D eigenvalue weighted by atomic mass is 9.81. The van der Waals surface area contributed by atoms with Gasteiger partial charge in [-0.3, -0.25) is 0 Å². The predicted molar refractivity (Wildman–Crippen MR) is 177 cm³/mol. The molecule has 0 bridgehead atoms. The predicted octanol–water partition coefficient (Wildman–Crippen LogP) is 8.15. The van der Waals surface area contributed by atoms with E-state index in [0.29, 0.717) is 44.1 Å². The van der Waals surface area contributed by atoms with Gasteiger partial charge in [0.1, 0.15) is 11.9 Å². The molecule has 7 nitrogen and oxygen atoms in total. The van der Waals surface area contributed by atoms with Gasteiger partial charge in [-0.25, -0.2) is 4.79 Å². The molecule has 0 N–H and O–H groups in total. The molecule has 2 fully saturated rings. The van der Waals surface area contributed by atoms with Crippen LogP contribution in [0.15, 0.2) is 84.9 Å². The van der Waals surface area contributed by atoms with Crippen LogP contribution in [0.25, 0.3) is 0 Å². The first-order valence-electron chi connectivity index (χ1n) is 16.9. The van der Waals surface area contributed by atoms with Crippen molar-refractivity contribution in [1.29, 1.82) is 0 Å². The smallest absolute Gasteiger partial charge is 0.338 e. The maximum atomic E-state index is 13.2. The third-order valence-electron chi connectivity index (χ3n) is 9.55. The standard InChI is InChI=1S/C39H50O7/c1-5-33(43-27-31-16-18-34(41-4)19-17-31)24-36-28(2)20-22-39(46-36)25-37(44-38(40)32-14-10-7-11-15-32)29(3)35(45-39)21-23-42-26-30-12-8-6-9-13-30/h6-19,28-29,33,35-37H,5,20-27H2,1-4H3/t28?,29?,33-,35?,36?,37?,39?/m1/s1. The van der Waals surface area contributed by atoms with Crippen LogP contribution in [0, 0.1) is 11.8 Å². The van der Waals surface area contributed by atoms with E-state index in [1.807, 2.05) is 60.7 Å². The first-order valence-corrected chi connectivity index (χ1v) is 16.9. The molecular formula is C39H50O7. The summed E-state index contributed by atoms with van der Waals surface area (Å²) < 4.78 is 37.8. The molecule has 0 saturated carbocycles. The molecule has 2 aliphatic rings. The molecule has 3 aromatic rings. The summed E-state index contributed by atoms with van der Waals surface area (Å²) in [5.41, 5.74) is 2.80. The number of carbonyl (C=O) groups excluding carboxylic acids is 1. The second-order valence-electron chi connectivity index (χ2n) is 12.9. The zero-order valence-electron chi connectivity index (χ0n) is 27.8. The van der Waals surface area contributed by atoms with Crippen LogP contribution < -0.4 is 4.74 Å². The number of hydrogen-bond acceptors (Lipinski definition) is 7. The minimum absolute atomic E-state index is 0.0174. The minimum atomic E-state index is -0.830. The van der Waals surface area contributed by atoms with E-state index >= 15 is 0 Å². The van der Waals surface area contributed by atoms with E-state index in [-0.39, 0.29) is 36.3 Å². The Balaban J connectivity index is 1.26. The van der Waals surface area contributed by atoms with Gasteiger partial charge in [0, 0.05) is 31.8 Å². The summed E-state index contributed by atoms with van der Waals surface area (Å²) in [6.07, 6.45) is 4.03. The minimum Gasteiger partial charge on any atom is -0.497 e. The van der Waals surface area contributed by atoms with Gasteiger partial charge < -0.3 is 28.4 Å². The highest BCUT2D eigenvalue weighted by Gasteiger charge is 2.51. The summed E-state index contributed by atoms with van der Waals surface area (Å²) in [6, 6.07) is 27.4. The number of rotatable bonds is 14. The van der Waals surface area contributed by atoms with Gasteiger partial charge in [0.2, 0.25) is 0 Å². The second kappa shape index (κ2) is 16.6. The summed E-state index contributed by atoms with van der Waals surface area (Å²) in [5, 5.41) is 0. The SMILES string of the molecule is CC[C@H](CC1OC2(CCC1C)CC(OC(=O)c1ccccc1)C(C)C(CCOCc1ccccc1)O2)OCc1ccc(OC)cc1. The van der Waals surface area contributed by atoms with E-state index in [1.165, 1.54) is 0 Å². The van der Waals surface area contributed by atoms with Crippen molar-refractivity contribution in [3.8, 4) is 5.75 Å². The van der Waals surface area contributed by atoms with E-state index in [1.54, 1.807) is 19.2 Å². The third kappa shape index (κ3) is 9.19. The largest absolute Gasteiger partial charge is 0.497 e. The number of methoxy groups -OCH3 is 1. The van der Waals surface area contributed by atoms with Crippen LogP contribution in [0.5, 0.6) is 5.75 Å². The van der Waals surface area contributed by atoms with Gasteiger partial charge in [-0.05, 0) is 60.6 Å². The molecule has 5 rings (SSSR count). The molecular weight excluding hydrogens is 580 g/mol. The van der Waals surface area contributed by atoms with E-state index in [2.05, 4.69) is 32.9 Å². The van der Waals surface area contributed by atoms with Crippen molar-refractivity contribution in [3.05, 3.63) is 102 Å². The van der Waals surface area contributed by atoms with Crippen LogP contribution in [0.4, 0.5) is 0 Å². The number of hydrogen-bond donors (Lipinski definition) is 0. The molecule has 7 atom stereocenters. The fourth-order valence-electron chi connectivity index (χ4n) is 6.53. The number of benzene rings is 3.